The normalized spacial score (nSPS) is 12.4. The van der Waals surface area contributed by atoms with Crippen LogP contribution in [0.25, 0.3) is 0 Å². The lowest BCUT2D eigenvalue weighted by Crippen LogP contribution is -1.93. The summed E-state index contributed by atoms with van der Waals surface area (Å²) in [6, 6.07) is 1.92. The number of rotatable bonds is 1. The molecule has 1 aromatic rings. The number of hydrogen-bond donors (Lipinski definition) is 0. The van der Waals surface area contributed by atoms with Crippen LogP contribution in [-0.2, 0) is 0 Å². The van der Waals surface area contributed by atoms with Crippen molar-refractivity contribution in [1.82, 2.24) is 0 Å². The van der Waals surface area contributed by atoms with Gasteiger partial charge in [0.15, 0.2) is 11.5 Å². The van der Waals surface area contributed by atoms with Crippen molar-refractivity contribution in [3.63, 3.8) is 0 Å². The van der Waals surface area contributed by atoms with E-state index in [1.54, 1.807) is 0 Å². The molecule has 0 aromatic heterocycles. The molecule has 1 aliphatic heterocycles. The number of hydrogen-bond acceptors (Lipinski definition) is 4. The first-order valence-corrected chi connectivity index (χ1v) is 4.62. The molecule has 14 heavy (non-hydrogen) atoms. The summed E-state index contributed by atoms with van der Waals surface area (Å²) in [5, 5.41) is 2.36. The Hall–Kier alpha value is -1.38. The molecule has 3 nitrogen and oxygen atoms in total. The lowest BCUT2D eigenvalue weighted by atomic mass is 10.1. The van der Waals surface area contributed by atoms with Gasteiger partial charge in [-0.05, 0) is 37.7 Å². The van der Waals surface area contributed by atoms with Crippen LogP contribution >= 0.6 is 12.2 Å². The van der Waals surface area contributed by atoms with E-state index in [1.807, 2.05) is 19.9 Å². The summed E-state index contributed by atoms with van der Waals surface area (Å²) in [4.78, 5) is 3.97. The molecule has 0 amide bonds. The van der Waals surface area contributed by atoms with E-state index >= 15 is 0 Å². The van der Waals surface area contributed by atoms with Crippen molar-refractivity contribution in [1.29, 1.82) is 0 Å². The molecule has 0 radical (unpaired) electrons. The van der Waals surface area contributed by atoms with Crippen LogP contribution in [0.1, 0.15) is 11.1 Å². The fraction of sp³-hybridized carbons (Fsp3) is 0.300. The number of aliphatic imine (C=N–C) groups is 1. The average molecular weight is 207 g/mol. The van der Waals surface area contributed by atoms with Crippen molar-refractivity contribution in [2.45, 2.75) is 13.8 Å². The van der Waals surface area contributed by atoms with Crippen molar-refractivity contribution in [2.24, 2.45) is 4.99 Å². The van der Waals surface area contributed by atoms with Gasteiger partial charge in [0.1, 0.15) is 0 Å². The first kappa shape index (κ1) is 9.19. The van der Waals surface area contributed by atoms with E-state index in [1.165, 1.54) is 0 Å². The average Bonchev–Trinajstić information content (AvgIpc) is 2.63. The highest BCUT2D eigenvalue weighted by Gasteiger charge is 2.20. The molecule has 0 bridgehead atoms. The maximum absolute atomic E-state index is 5.35. The second-order valence-corrected chi connectivity index (χ2v) is 3.29. The van der Waals surface area contributed by atoms with E-state index in [0.717, 1.165) is 28.3 Å². The quantitative estimate of drug-likeness (QED) is 0.524. The predicted octanol–water partition coefficient (Wildman–Crippen LogP) is 2.77. The first-order valence-electron chi connectivity index (χ1n) is 4.21. The van der Waals surface area contributed by atoms with Gasteiger partial charge in [-0.25, -0.2) is 0 Å². The standard InChI is InChI=1S/C10H9NO2S/c1-6-3-8(11-4-14)7(2)10-9(6)12-5-13-10/h3H,5H2,1-2H3. The number of aryl methyl sites for hydroxylation is 1. The molecule has 1 aliphatic rings. The Bertz CT molecular complexity index is 436. The molecule has 0 fully saturated rings. The first-order chi connectivity index (χ1) is 6.74. The van der Waals surface area contributed by atoms with Gasteiger partial charge in [0, 0.05) is 5.56 Å². The summed E-state index contributed by atoms with van der Waals surface area (Å²) >= 11 is 4.58. The fourth-order valence-corrected chi connectivity index (χ4v) is 1.61. The van der Waals surface area contributed by atoms with Crippen LogP contribution in [0.4, 0.5) is 5.69 Å². The van der Waals surface area contributed by atoms with E-state index < -0.39 is 0 Å². The molecule has 0 N–H and O–H groups in total. The van der Waals surface area contributed by atoms with Crippen molar-refractivity contribution in [2.75, 3.05) is 6.79 Å². The zero-order valence-corrected chi connectivity index (χ0v) is 8.77. The third-order valence-electron chi connectivity index (χ3n) is 2.22. The van der Waals surface area contributed by atoms with Crippen LogP contribution in [0.5, 0.6) is 11.5 Å². The highest BCUT2D eigenvalue weighted by atomic mass is 32.1. The lowest BCUT2D eigenvalue weighted by molar-refractivity contribution is 0.173. The number of fused-ring (bicyclic) bond motifs is 1. The Morgan fingerprint density at radius 2 is 2.07 bits per heavy atom. The largest absolute Gasteiger partial charge is 0.453 e. The van der Waals surface area contributed by atoms with Crippen LogP contribution in [0.3, 0.4) is 0 Å². The van der Waals surface area contributed by atoms with Gasteiger partial charge in [0.2, 0.25) is 6.79 Å². The number of isothiocyanates is 1. The number of thiocarbonyl (C=S) groups is 1. The molecule has 0 saturated heterocycles. The Morgan fingerprint density at radius 1 is 1.36 bits per heavy atom. The topological polar surface area (TPSA) is 30.8 Å². The maximum atomic E-state index is 5.35. The van der Waals surface area contributed by atoms with Crippen LogP contribution in [0.15, 0.2) is 11.1 Å². The number of benzene rings is 1. The van der Waals surface area contributed by atoms with Gasteiger partial charge in [-0.1, -0.05) is 0 Å². The molecule has 0 aliphatic carbocycles. The summed E-state index contributed by atoms with van der Waals surface area (Å²) in [5.74, 6) is 1.58. The van der Waals surface area contributed by atoms with Gasteiger partial charge in [-0.15, -0.1) is 0 Å². The van der Waals surface area contributed by atoms with Crippen molar-refractivity contribution in [3.05, 3.63) is 17.2 Å². The molecule has 0 spiro atoms. The monoisotopic (exact) mass is 207 g/mol. The molecule has 0 saturated carbocycles. The molecule has 72 valence electrons. The highest BCUT2D eigenvalue weighted by molar-refractivity contribution is 7.78. The number of ether oxygens (including phenoxy) is 2. The minimum atomic E-state index is 0.280. The SMILES string of the molecule is Cc1cc(N=C=S)c(C)c2c1OCO2. The number of nitrogens with zero attached hydrogens (tertiary/aromatic N) is 1. The van der Waals surface area contributed by atoms with E-state index in [9.17, 15) is 0 Å². The van der Waals surface area contributed by atoms with Crippen LogP contribution in [0.2, 0.25) is 0 Å². The Kier molecular flexibility index (Phi) is 2.23. The minimum Gasteiger partial charge on any atom is -0.453 e. The van der Waals surface area contributed by atoms with Crippen LogP contribution in [-0.4, -0.2) is 12.0 Å². The molecule has 0 unspecified atom stereocenters. The Morgan fingerprint density at radius 3 is 2.79 bits per heavy atom. The molecule has 1 heterocycles. The molecule has 1 aromatic carbocycles. The maximum Gasteiger partial charge on any atom is 0.231 e. The molecule has 4 heteroatoms. The summed E-state index contributed by atoms with van der Waals surface area (Å²) in [6.45, 7) is 4.16. The van der Waals surface area contributed by atoms with Crippen molar-refractivity contribution in [3.8, 4) is 11.5 Å². The third kappa shape index (κ3) is 1.29. The lowest BCUT2D eigenvalue weighted by Gasteiger charge is -2.06. The Balaban J connectivity index is 2.67. The van der Waals surface area contributed by atoms with Gasteiger partial charge in [-0.2, -0.15) is 4.99 Å². The smallest absolute Gasteiger partial charge is 0.231 e. The van der Waals surface area contributed by atoms with Gasteiger partial charge < -0.3 is 9.47 Å². The van der Waals surface area contributed by atoms with Crippen molar-refractivity contribution >= 4 is 23.1 Å². The third-order valence-corrected chi connectivity index (χ3v) is 2.31. The van der Waals surface area contributed by atoms with E-state index in [-0.39, 0.29) is 6.79 Å². The molecular weight excluding hydrogens is 198 g/mol. The summed E-state index contributed by atoms with van der Waals surface area (Å²) < 4.78 is 10.7. The van der Waals surface area contributed by atoms with Gasteiger partial charge in [0.25, 0.3) is 0 Å². The molecule has 2 rings (SSSR count). The van der Waals surface area contributed by atoms with Gasteiger partial charge in [0.05, 0.1) is 10.8 Å². The van der Waals surface area contributed by atoms with Gasteiger partial charge in [-0.3, -0.25) is 0 Å². The zero-order valence-electron chi connectivity index (χ0n) is 7.96. The fourth-order valence-electron chi connectivity index (χ4n) is 1.51. The summed E-state index contributed by atoms with van der Waals surface area (Å²) in [6.07, 6.45) is 0. The second-order valence-electron chi connectivity index (χ2n) is 3.11. The summed E-state index contributed by atoms with van der Waals surface area (Å²) in [5.41, 5.74) is 2.74. The van der Waals surface area contributed by atoms with Crippen molar-refractivity contribution < 1.29 is 9.47 Å². The predicted molar refractivity (Wildman–Crippen MR) is 56.7 cm³/mol. The van der Waals surface area contributed by atoms with E-state index in [2.05, 4.69) is 22.4 Å². The highest BCUT2D eigenvalue weighted by Crippen LogP contribution is 2.42. The van der Waals surface area contributed by atoms with E-state index in [0.29, 0.717) is 0 Å². The summed E-state index contributed by atoms with van der Waals surface area (Å²) in [7, 11) is 0. The van der Waals surface area contributed by atoms with E-state index in [4.69, 9.17) is 9.47 Å². The van der Waals surface area contributed by atoms with Crippen LogP contribution < -0.4 is 9.47 Å². The van der Waals surface area contributed by atoms with Gasteiger partial charge >= 0.3 is 0 Å². The molecular formula is C10H9NO2S. The molecule has 0 atom stereocenters. The minimum absolute atomic E-state index is 0.280. The van der Waals surface area contributed by atoms with Crippen LogP contribution in [0, 0.1) is 13.8 Å². The zero-order chi connectivity index (χ0) is 10.1. The second kappa shape index (κ2) is 3.40. The Labute approximate surface area is 87.4 Å².